The Labute approximate surface area is 179 Å². The van der Waals surface area contributed by atoms with Gasteiger partial charge in [-0.3, -0.25) is 4.79 Å². The maximum Gasteiger partial charge on any atom is 0.262 e. The number of fused-ring (bicyclic) bond motifs is 1. The lowest BCUT2D eigenvalue weighted by Gasteiger charge is -2.11. The van der Waals surface area contributed by atoms with E-state index < -0.39 is 0 Å². The molecular weight excluding hydrogens is 395 g/mol. The van der Waals surface area contributed by atoms with E-state index in [2.05, 4.69) is 15.4 Å². The molecule has 0 saturated heterocycles. The van der Waals surface area contributed by atoms with Gasteiger partial charge in [0.15, 0.2) is 12.3 Å². The molecule has 7 heteroatoms. The Kier molecular flexibility index (Phi) is 5.42. The average molecular weight is 418 g/mol. The molecule has 0 aliphatic rings. The van der Waals surface area contributed by atoms with Crippen LogP contribution in [0.2, 0.25) is 0 Å². The number of rotatable bonds is 5. The van der Waals surface area contributed by atoms with Crippen molar-refractivity contribution in [3.8, 4) is 11.6 Å². The smallest absolute Gasteiger partial charge is 0.262 e. The van der Waals surface area contributed by atoms with Gasteiger partial charge in [0.1, 0.15) is 5.82 Å². The summed E-state index contributed by atoms with van der Waals surface area (Å²) in [4.78, 5) is 17.0. The summed E-state index contributed by atoms with van der Waals surface area (Å²) in [7, 11) is 0. The number of nitrogens with zero attached hydrogens (tertiary/aromatic N) is 3. The number of nitrogens with one attached hydrogen (secondary N) is 1. The Balaban J connectivity index is 1.59. The maximum atomic E-state index is 13.7. The van der Waals surface area contributed by atoms with Crippen LogP contribution in [0.5, 0.6) is 5.88 Å². The number of pyridine rings is 1. The van der Waals surface area contributed by atoms with Crippen LogP contribution in [-0.2, 0) is 4.79 Å². The Hall–Kier alpha value is -3.74. The number of ether oxygens (including phenoxy) is 1. The van der Waals surface area contributed by atoms with E-state index in [-0.39, 0.29) is 18.3 Å². The molecule has 0 spiro atoms. The average Bonchev–Trinajstić information content (AvgIpc) is 3.06. The molecule has 0 atom stereocenters. The van der Waals surface area contributed by atoms with Gasteiger partial charge in [-0.1, -0.05) is 18.2 Å². The summed E-state index contributed by atoms with van der Waals surface area (Å²) in [6, 6.07) is 13.8. The second-order valence-electron chi connectivity index (χ2n) is 7.61. The maximum absolute atomic E-state index is 13.7. The molecule has 1 amide bonds. The normalized spacial score (nSPS) is 11.0. The standard InChI is InChI=1S/C24H23FN4O2/c1-14-8-9-15(2)20(10-14)26-21(30)13-31-22-11-16(3)23-17(4)28-29(24(23)27-22)19-7-5-6-18(25)12-19/h5-12H,13H2,1-4H3,(H,26,30). The van der Waals surface area contributed by atoms with Crippen LogP contribution in [0, 0.1) is 33.5 Å². The molecule has 4 rings (SSSR count). The molecule has 2 aromatic carbocycles. The molecule has 0 bridgehead atoms. The van der Waals surface area contributed by atoms with Crippen LogP contribution in [0.25, 0.3) is 16.7 Å². The van der Waals surface area contributed by atoms with Gasteiger partial charge in [-0.25, -0.2) is 9.07 Å². The molecule has 0 unspecified atom stereocenters. The zero-order valence-corrected chi connectivity index (χ0v) is 17.9. The van der Waals surface area contributed by atoms with Crippen LogP contribution < -0.4 is 10.1 Å². The van der Waals surface area contributed by atoms with Gasteiger partial charge in [0, 0.05) is 17.1 Å². The quantitative estimate of drug-likeness (QED) is 0.505. The van der Waals surface area contributed by atoms with E-state index in [1.54, 1.807) is 22.9 Å². The summed E-state index contributed by atoms with van der Waals surface area (Å²) in [6.07, 6.45) is 0. The summed E-state index contributed by atoms with van der Waals surface area (Å²) >= 11 is 0. The number of benzene rings is 2. The second kappa shape index (κ2) is 8.18. The predicted octanol–water partition coefficient (Wildman–Crippen LogP) is 4.81. The Bertz CT molecular complexity index is 1300. The first-order chi connectivity index (χ1) is 14.8. The fourth-order valence-electron chi connectivity index (χ4n) is 3.53. The molecule has 2 aromatic heterocycles. The van der Waals surface area contributed by atoms with Gasteiger partial charge in [0.2, 0.25) is 5.88 Å². The van der Waals surface area contributed by atoms with Crippen LogP contribution in [0.4, 0.5) is 10.1 Å². The molecule has 0 radical (unpaired) electrons. The predicted molar refractivity (Wildman–Crippen MR) is 118 cm³/mol. The zero-order chi connectivity index (χ0) is 22.1. The van der Waals surface area contributed by atoms with E-state index in [9.17, 15) is 9.18 Å². The number of hydrogen-bond donors (Lipinski definition) is 1. The van der Waals surface area contributed by atoms with E-state index in [1.807, 2.05) is 45.9 Å². The number of carbonyl (C=O) groups is 1. The highest BCUT2D eigenvalue weighted by atomic mass is 19.1. The van der Waals surface area contributed by atoms with Crippen LogP contribution >= 0.6 is 0 Å². The highest BCUT2D eigenvalue weighted by Gasteiger charge is 2.16. The lowest BCUT2D eigenvalue weighted by atomic mass is 10.1. The molecule has 158 valence electrons. The minimum Gasteiger partial charge on any atom is -0.467 e. The van der Waals surface area contributed by atoms with Gasteiger partial charge in [0.05, 0.1) is 11.4 Å². The summed E-state index contributed by atoms with van der Waals surface area (Å²) in [5.74, 6) is -0.326. The van der Waals surface area contributed by atoms with Crippen LogP contribution in [0.1, 0.15) is 22.4 Å². The number of aromatic nitrogens is 3. The van der Waals surface area contributed by atoms with Crippen molar-refractivity contribution >= 4 is 22.6 Å². The van der Waals surface area contributed by atoms with Crippen molar-refractivity contribution in [2.24, 2.45) is 0 Å². The molecule has 0 aliphatic carbocycles. The first-order valence-electron chi connectivity index (χ1n) is 9.94. The van der Waals surface area contributed by atoms with E-state index in [0.717, 1.165) is 33.5 Å². The monoisotopic (exact) mass is 418 g/mol. The van der Waals surface area contributed by atoms with Gasteiger partial charge >= 0.3 is 0 Å². The fraction of sp³-hybridized carbons (Fsp3) is 0.208. The van der Waals surface area contributed by atoms with E-state index >= 15 is 0 Å². The lowest BCUT2D eigenvalue weighted by molar-refractivity contribution is -0.118. The summed E-state index contributed by atoms with van der Waals surface area (Å²) in [5, 5.41) is 8.27. The van der Waals surface area contributed by atoms with Crippen LogP contribution in [0.15, 0.2) is 48.5 Å². The summed E-state index contributed by atoms with van der Waals surface area (Å²) in [6.45, 7) is 7.53. The van der Waals surface area contributed by atoms with Gasteiger partial charge in [-0.05, 0) is 68.7 Å². The number of aryl methyl sites for hydroxylation is 4. The van der Waals surface area contributed by atoms with E-state index in [4.69, 9.17) is 4.74 Å². The van der Waals surface area contributed by atoms with Gasteiger partial charge in [-0.15, -0.1) is 0 Å². The topological polar surface area (TPSA) is 69.0 Å². The van der Waals surface area contributed by atoms with Crippen LogP contribution in [0.3, 0.4) is 0 Å². The van der Waals surface area contributed by atoms with Crippen molar-refractivity contribution in [3.05, 3.63) is 76.7 Å². The first kappa shape index (κ1) is 20.5. The fourth-order valence-corrected chi connectivity index (χ4v) is 3.53. The highest BCUT2D eigenvalue weighted by Crippen LogP contribution is 2.27. The number of carbonyl (C=O) groups excluding carboxylic acids is 1. The molecule has 0 aliphatic heterocycles. The molecule has 4 aromatic rings. The number of hydrogen-bond acceptors (Lipinski definition) is 4. The third-order valence-corrected chi connectivity index (χ3v) is 5.06. The van der Waals surface area contributed by atoms with Crippen molar-refractivity contribution in [3.63, 3.8) is 0 Å². The second-order valence-corrected chi connectivity index (χ2v) is 7.61. The largest absolute Gasteiger partial charge is 0.467 e. The van der Waals surface area contributed by atoms with Crippen molar-refractivity contribution < 1.29 is 13.9 Å². The number of amides is 1. The van der Waals surface area contributed by atoms with Crippen molar-refractivity contribution in [1.29, 1.82) is 0 Å². The van der Waals surface area contributed by atoms with E-state index in [1.165, 1.54) is 12.1 Å². The molecule has 6 nitrogen and oxygen atoms in total. The highest BCUT2D eigenvalue weighted by molar-refractivity contribution is 5.92. The van der Waals surface area contributed by atoms with Gasteiger partial charge < -0.3 is 10.1 Å². The minimum atomic E-state index is -0.356. The number of anilines is 1. The van der Waals surface area contributed by atoms with E-state index in [0.29, 0.717) is 17.2 Å². The zero-order valence-electron chi connectivity index (χ0n) is 17.9. The Morgan fingerprint density at radius 2 is 1.87 bits per heavy atom. The summed E-state index contributed by atoms with van der Waals surface area (Å²) in [5.41, 5.74) is 5.60. The van der Waals surface area contributed by atoms with Crippen molar-refractivity contribution in [2.45, 2.75) is 27.7 Å². The molecule has 31 heavy (non-hydrogen) atoms. The number of halogens is 1. The Morgan fingerprint density at radius 1 is 1.06 bits per heavy atom. The minimum absolute atomic E-state index is 0.182. The third kappa shape index (κ3) is 4.26. The lowest BCUT2D eigenvalue weighted by Crippen LogP contribution is -2.21. The summed E-state index contributed by atoms with van der Waals surface area (Å²) < 4.78 is 21.0. The SMILES string of the molecule is Cc1ccc(C)c(NC(=O)COc2cc(C)c3c(C)nn(-c4cccc(F)c4)c3n2)c1. The molecule has 0 fully saturated rings. The van der Waals surface area contributed by atoms with Gasteiger partial charge in [0.25, 0.3) is 5.91 Å². The van der Waals surface area contributed by atoms with Gasteiger partial charge in [-0.2, -0.15) is 10.1 Å². The molecule has 0 saturated carbocycles. The third-order valence-electron chi connectivity index (χ3n) is 5.06. The Morgan fingerprint density at radius 3 is 2.65 bits per heavy atom. The van der Waals surface area contributed by atoms with Crippen molar-refractivity contribution in [2.75, 3.05) is 11.9 Å². The molecule has 2 heterocycles. The van der Waals surface area contributed by atoms with Crippen molar-refractivity contribution in [1.82, 2.24) is 14.8 Å². The first-order valence-corrected chi connectivity index (χ1v) is 9.94. The molecule has 1 N–H and O–H groups in total. The molecular formula is C24H23FN4O2. The van der Waals surface area contributed by atoms with Crippen LogP contribution in [-0.4, -0.2) is 27.3 Å².